The first-order valence-electron chi connectivity index (χ1n) is 8.79. The maximum Gasteiger partial charge on any atom is 0.142 e. The third-order valence-corrected chi connectivity index (χ3v) is 5.15. The topological polar surface area (TPSA) is 41.9 Å². The van der Waals surface area contributed by atoms with Gasteiger partial charge in [0.2, 0.25) is 0 Å². The molecule has 2 unspecified atom stereocenters. The van der Waals surface area contributed by atoms with Crippen LogP contribution in [0.15, 0.2) is 36.4 Å². The minimum Gasteiger partial charge on any atom is -0.491 e. The quantitative estimate of drug-likeness (QED) is 0.718. The Morgan fingerprint density at radius 2 is 2.07 bits per heavy atom. The van der Waals surface area contributed by atoms with Gasteiger partial charge in [-0.15, -0.1) is 0 Å². The number of halogens is 3. The molecule has 2 aromatic carbocycles. The van der Waals surface area contributed by atoms with Gasteiger partial charge in [-0.3, -0.25) is 4.90 Å². The van der Waals surface area contributed by atoms with Crippen molar-refractivity contribution in [2.24, 2.45) is 0 Å². The van der Waals surface area contributed by atoms with Crippen molar-refractivity contribution >= 4 is 23.2 Å². The molecule has 1 aliphatic rings. The minimum atomic E-state index is -0.652. The van der Waals surface area contributed by atoms with Crippen LogP contribution in [-0.2, 0) is 4.74 Å². The zero-order valence-electron chi connectivity index (χ0n) is 15.0. The van der Waals surface area contributed by atoms with Crippen molar-refractivity contribution in [3.8, 4) is 5.75 Å². The van der Waals surface area contributed by atoms with Crippen LogP contribution in [-0.4, -0.2) is 49.0 Å². The number of para-hydroxylation sites is 1. The summed E-state index contributed by atoms with van der Waals surface area (Å²) in [4.78, 5) is 2.06. The van der Waals surface area contributed by atoms with Crippen LogP contribution < -0.4 is 4.74 Å². The van der Waals surface area contributed by atoms with E-state index in [1.165, 1.54) is 12.1 Å². The van der Waals surface area contributed by atoms with E-state index in [2.05, 4.69) is 4.90 Å². The molecule has 0 spiro atoms. The number of benzene rings is 2. The number of aryl methyl sites for hydroxylation is 1. The number of β-amino-alcohol motifs (C(OH)–C–C–N with tert-alkyl or cyclic N) is 1. The average molecular weight is 414 g/mol. The lowest BCUT2D eigenvalue weighted by Gasteiger charge is -2.34. The van der Waals surface area contributed by atoms with Crippen LogP contribution in [0, 0.1) is 12.7 Å². The average Bonchev–Trinajstić information content (AvgIpc) is 2.64. The fourth-order valence-electron chi connectivity index (χ4n) is 3.10. The second-order valence-corrected chi connectivity index (χ2v) is 7.45. The highest BCUT2D eigenvalue weighted by molar-refractivity contribution is 6.35. The van der Waals surface area contributed by atoms with Gasteiger partial charge in [0.05, 0.1) is 17.7 Å². The summed E-state index contributed by atoms with van der Waals surface area (Å²) in [5.74, 6) is 0.239. The molecule has 0 amide bonds. The number of rotatable bonds is 6. The van der Waals surface area contributed by atoms with Gasteiger partial charge in [0.25, 0.3) is 0 Å². The van der Waals surface area contributed by atoms with E-state index >= 15 is 0 Å². The van der Waals surface area contributed by atoms with E-state index in [-0.39, 0.29) is 17.7 Å². The first-order chi connectivity index (χ1) is 12.9. The van der Waals surface area contributed by atoms with Gasteiger partial charge in [-0.2, -0.15) is 0 Å². The van der Waals surface area contributed by atoms with E-state index in [0.717, 1.165) is 11.3 Å². The molecule has 146 valence electrons. The molecule has 2 atom stereocenters. The van der Waals surface area contributed by atoms with Crippen LogP contribution in [0.4, 0.5) is 4.39 Å². The molecular formula is C20H22Cl2FNO3. The summed E-state index contributed by atoms with van der Waals surface area (Å²) in [6, 6.07) is 10.4. The maximum atomic E-state index is 13.8. The number of nitrogens with zero attached hydrogens (tertiary/aromatic N) is 1. The standard InChI is InChI=1S/C20H22Cl2FNO3/c1-13-4-2-3-5-19(13)27-12-14(25)10-24-6-7-26-20(11-24)15-8-18(23)17(22)9-16(15)21/h2-5,8-9,14,20,25H,6-7,10-12H2,1H3. The molecule has 1 heterocycles. The molecule has 4 nitrogen and oxygen atoms in total. The maximum absolute atomic E-state index is 13.8. The third kappa shape index (κ3) is 5.33. The molecule has 1 N–H and O–H groups in total. The highest BCUT2D eigenvalue weighted by Crippen LogP contribution is 2.32. The summed E-state index contributed by atoms with van der Waals surface area (Å²) in [6.45, 7) is 4.23. The Hall–Kier alpha value is -1.37. The Bertz CT molecular complexity index is 790. The first kappa shape index (κ1) is 20.4. The Morgan fingerprint density at radius 1 is 1.30 bits per heavy atom. The van der Waals surface area contributed by atoms with E-state index in [1.807, 2.05) is 31.2 Å². The Kier molecular flexibility index (Phi) is 6.95. The van der Waals surface area contributed by atoms with Crippen LogP contribution in [0.2, 0.25) is 10.0 Å². The molecule has 1 fully saturated rings. The van der Waals surface area contributed by atoms with Gasteiger partial charge in [-0.1, -0.05) is 41.4 Å². The van der Waals surface area contributed by atoms with Gasteiger partial charge < -0.3 is 14.6 Å². The number of hydrogen-bond donors (Lipinski definition) is 1. The number of morpholine rings is 1. The predicted octanol–water partition coefficient (Wildman–Crippen LogP) is 4.25. The van der Waals surface area contributed by atoms with Crippen molar-refractivity contribution in [2.75, 3.05) is 32.8 Å². The lowest BCUT2D eigenvalue weighted by Crippen LogP contribution is -2.43. The summed E-state index contributed by atoms with van der Waals surface area (Å²) in [7, 11) is 0. The fourth-order valence-corrected chi connectivity index (χ4v) is 3.60. The van der Waals surface area contributed by atoms with Crippen molar-refractivity contribution in [3.05, 3.63) is 63.4 Å². The summed E-state index contributed by atoms with van der Waals surface area (Å²) < 4.78 is 25.3. The normalized spacial score (nSPS) is 19.1. The molecule has 0 bridgehead atoms. The molecule has 27 heavy (non-hydrogen) atoms. The molecule has 1 aliphatic heterocycles. The van der Waals surface area contributed by atoms with Gasteiger partial charge in [0.1, 0.15) is 24.3 Å². The van der Waals surface area contributed by atoms with E-state index in [1.54, 1.807) is 0 Å². The van der Waals surface area contributed by atoms with Crippen molar-refractivity contribution in [1.82, 2.24) is 4.90 Å². The zero-order valence-corrected chi connectivity index (χ0v) is 16.5. The zero-order chi connectivity index (χ0) is 19.4. The molecule has 7 heteroatoms. The summed E-state index contributed by atoms with van der Waals surface area (Å²) in [6.07, 6.45) is -1.02. The van der Waals surface area contributed by atoms with Crippen LogP contribution >= 0.6 is 23.2 Å². The lowest BCUT2D eigenvalue weighted by atomic mass is 10.1. The Morgan fingerprint density at radius 3 is 2.85 bits per heavy atom. The van der Waals surface area contributed by atoms with Crippen molar-refractivity contribution in [2.45, 2.75) is 19.1 Å². The molecule has 0 saturated carbocycles. The van der Waals surface area contributed by atoms with E-state index in [9.17, 15) is 9.50 Å². The van der Waals surface area contributed by atoms with Crippen LogP contribution in [0.1, 0.15) is 17.2 Å². The molecule has 1 saturated heterocycles. The van der Waals surface area contributed by atoms with E-state index in [0.29, 0.717) is 36.8 Å². The molecule has 3 rings (SSSR count). The number of hydrogen-bond acceptors (Lipinski definition) is 4. The Balaban J connectivity index is 1.56. The van der Waals surface area contributed by atoms with Crippen molar-refractivity contribution in [3.63, 3.8) is 0 Å². The van der Waals surface area contributed by atoms with Gasteiger partial charge in [0.15, 0.2) is 0 Å². The fraction of sp³-hybridized carbons (Fsp3) is 0.400. The molecule has 0 aliphatic carbocycles. The van der Waals surface area contributed by atoms with Crippen molar-refractivity contribution < 1.29 is 19.0 Å². The van der Waals surface area contributed by atoms with Crippen LogP contribution in [0.25, 0.3) is 0 Å². The molecule has 0 radical (unpaired) electrons. The van der Waals surface area contributed by atoms with Gasteiger partial charge >= 0.3 is 0 Å². The third-order valence-electron chi connectivity index (χ3n) is 4.53. The number of ether oxygens (including phenoxy) is 2. The first-order valence-corrected chi connectivity index (χ1v) is 9.54. The van der Waals surface area contributed by atoms with Crippen molar-refractivity contribution in [1.29, 1.82) is 0 Å². The highest BCUT2D eigenvalue weighted by atomic mass is 35.5. The molecular weight excluding hydrogens is 392 g/mol. The van der Waals surface area contributed by atoms with Crippen LogP contribution in [0.5, 0.6) is 5.75 Å². The summed E-state index contributed by atoms with van der Waals surface area (Å²) in [5.41, 5.74) is 1.59. The number of aliphatic hydroxyl groups is 1. The Labute approximate surface area is 168 Å². The second kappa shape index (κ2) is 9.22. The molecule has 2 aromatic rings. The van der Waals surface area contributed by atoms with Crippen LogP contribution in [0.3, 0.4) is 0 Å². The smallest absolute Gasteiger partial charge is 0.142 e. The van der Waals surface area contributed by atoms with Gasteiger partial charge in [-0.25, -0.2) is 4.39 Å². The van der Waals surface area contributed by atoms with Gasteiger partial charge in [0, 0.05) is 30.2 Å². The monoisotopic (exact) mass is 413 g/mol. The highest BCUT2D eigenvalue weighted by Gasteiger charge is 2.26. The van der Waals surface area contributed by atoms with Gasteiger partial charge in [-0.05, 0) is 30.7 Å². The predicted molar refractivity (Wildman–Crippen MR) is 104 cm³/mol. The summed E-state index contributed by atoms with van der Waals surface area (Å²) in [5, 5.41) is 10.7. The van der Waals surface area contributed by atoms with E-state index < -0.39 is 11.9 Å². The number of aliphatic hydroxyl groups excluding tert-OH is 1. The lowest BCUT2D eigenvalue weighted by molar-refractivity contribution is -0.0460. The van der Waals surface area contributed by atoms with E-state index in [4.69, 9.17) is 32.7 Å². The minimum absolute atomic E-state index is 0.0137. The molecule has 0 aromatic heterocycles. The SMILES string of the molecule is Cc1ccccc1OCC(O)CN1CCOC(c2cc(F)c(Cl)cc2Cl)C1. The second-order valence-electron chi connectivity index (χ2n) is 6.64. The summed E-state index contributed by atoms with van der Waals surface area (Å²) >= 11 is 12.0. The largest absolute Gasteiger partial charge is 0.491 e.